The van der Waals surface area contributed by atoms with Crippen LogP contribution in [0.25, 0.3) is 0 Å². The molecule has 0 aliphatic rings. The van der Waals surface area contributed by atoms with Crippen molar-refractivity contribution < 1.29 is 19.4 Å². The Balaban J connectivity index is 3.76. The maximum Gasteiger partial charge on any atom is 0.306 e. The third-order valence-corrected chi connectivity index (χ3v) is 8.39. The number of carbonyl (C=O) groups is 2. The van der Waals surface area contributed by atoms with Crippen molar-refractivity contribution in [3.8, 4) is 0 Å². The zero-order valence-electron chi connectivity index (χ0n) is 29.2. The van der Waals surface area contributed by atoms with E-state index in [1.165, 1.54) is 109 Å². The Hall–Kier alpha value is -1.84. The predicted octanol–water partition coefficient (Wildman–Crippen LogP) is 13.0. The molecule has 4 nitrogen and oxygen atoms in total. The van der Waals surface area contributed by atoms with Crippen LogP contribution < -0.4 is 0 Å². The van der Waals surface area contributed by atoms with Gasteiger partial charge in [0.25, 0.3) is 0 Å². The van der Waals surface area contributed by atoms with E-state index >= 15 is 0 Å². The van der Waals surface area contributed by atoms with E-state index in [4.69, 9.17) is 9.84 Å². The largest absolute Gasteiger partial charge is 0.481 e. The SMILES string of the molecule is CC/C=C\C/C=C\C/C=C\CCCCCCCCCC(=O)OC(CCCCCCCCCCCCCCCC)CCC(=O)O. The lowest BCUT2D eigenvalue weighted by Gasteiger charge is -2.17. The van der Waals surface area contributed by atoms with Gasteiger partial charge in [0.15, 0.2) is 0 Å². The van der Waals surface area contributed by atoms with Crippen LogP contribution in [0.4, 0.5) is 0 Å². The topological polar surface area (TPSA) is 63.6 Å². The van der Waals surface area contributed by atoms with Crippen LogP contribution >= 0.6 is 0 Å². The zero-order valence-corrected chi connectivity index (χ0v) is 29.2. The summed E-state index contributed by atoms with van der Waals surface area (Å²) in [5.41, 5.74) is 0. The van der Waals surface area contributed by atoms with E-state index in [9.17, 15) is 9.59 Å². The zero-order chi connectivity index (χ0) is 32.2. The van der Waals surface area contributed by atoms with Gasteiger partial charge in [0.2, 0.25) is 0 Å². The Morgan fingerprint density at radius 2 is 0.977 bits per heavy atom. The molecule has 0 aromatic heterocycles. The fourth-order valence-electron chi connectivity index (χ4n) is 5.60. The number of aliphatic carboxylic acids is 1. The highest BCUT2D eigenvalue weighted by Crippen LogP contribution is 2.17. The third kappa shape index (κ3) is 34.6. The molecule has 44 heavy (non-hydrogen) atoms. The molecule has 1 N–H and O–H groups in total. The van der Waals surface area contributed by atoms with Gasteiger partial charge in [-0.15, -0.1) is 0 Å². The van der Waals surface area contributed by atoms with Gasteiger partial charge in [0.05, 0.1) is 0 Å². The first-order valence-corrected chi connectivity index (χ1v) is 19.0. The number of hydrogen-bond donors (Lipinski definition) is 1. The average Bonchev–Trinajstić information content (AvgIpc) is 3.01. The van der Waals surface area contributed by atoms with E-state index in [1.807, 2.05) is 0 Å². The van der Waals surface area contributed by atoms with E-state index in [2.05, 4.69) is 50.3 Å². The first-order valence-electron chi connectivity index (χ1n) is 19.0. The number of carboxylic acid groups (broad SMARTS) is 1. The minimum atomic E-state index is -0.814. The van der Waals surface area contributed by atoms with Gasteiger partial charge >= 0.3 is 11.9 Å². The highest BCUT2D eigenvalue weighted by atomic mass is 16.5. The van der Waals surface area contributed by atoms with Crippen LogP contribution in [0, 0.1) is 0 Å². The fourth-order valence-corrected chi connectivity index (χ4v) is 5.60. The van der Waals surface area contributed by atoms with Gasteiger partial charge in [0, 0.05) is 12.8 Å². The van der Waals surface area contributed by atoms with Crippen molar-refractivity contribution in [2.45, 2.75) is 206 Å². The van der Waals surface area contributed by atoms with E-state index in [0.717, 1.165) is 57.8 Å². The van der Waals surface area contributed by atoms with Gasteiger partial charge < -0.3 is 9.84 Å². The molecular weight excluding hydrogens is 544 g/mol. The lowest BCUT2D eigenvalue weighted by Crippen LogP contribution is -2.19. The Morgan fingerprint density at radius 1 is 0.523 bits per heavy atom. The summed E-state index contributed by atoms with van der Waals surface area (Å²) in [4.78, 5) is 23.5. The average molecular weight is 617 g/mol. The number of unbranched alkanes of at least 4 members (excludes halogenated alkanes) is 20. The smallest absolute Gasteiger partial charge is 0.306 e. The molecule has 0 radical (unpaired) electrons. The summed E-state index contributed by atoms with van der Waals surface area (Å²) in [5.74, 6) is -0.962. The summed E-state index contributed by atoms with van der Waals surface area (Å²) < 4.78 is 5.73. The second-order valence-corrected chi connectivity index (χ2v) is 12.7. The van der Waals surface area contributed by atoms with Crippen molar-refractivity contribution in [1.82, 2.24) is 0 Å². The number of rotatable bonds is 34. The molecule has 1 unspecified atom stereocenters. The molecule has 4 heteroatoms. The maximum absolute atomic E-state index is 12.4. The van der Waals surface area contributed by atoms with Gasteiger partial charge in [-0.2, -0.15) is 0 Å². The van der Waals surface area contributed by atoms with Gasteiger partial charge in [0.1, 0.15) is 6.10 Å². The van der Waals surface area contributed by atoms with Crippen LogP contribution in [0.1, 0.15) is 200 Å². The Kier molecular flexibility index (Phi) is 34.1. The van der Waals surface area contributed by atoms with E-state index in [0.29, 0.717) is 12.8 Å². The molecule has 0 bridgehead atoms. The van der Waals surface area contributed by atoms with Crippen LogP contribution in [0.15, 0.2) is 36.5 Å². The Morgan fingerprint density at radius 3 is 1.50 bits per heavy atom. The van der Waals surface area contributed by atoms with Crippen LogP contribution in [0.5, 0.6) is 0 Å². The lowest BCUT2D eigenvalue weighted by atomic mass is 10.0. The molecular formula is C40H72O4. The number of carboxylic acids is 1. The quantitative estimate of drug-likeness (QED) is 0.0444. The summed E-state index contributed by atoms with van der Waals surface area (Å²) >= 11 is 0. The van der Waals surface area contributed by atoms with Crippen LogP contribution in [0.3, 0.4) is 0 Å². The second-order valence-electron chi connectivity index (χ2n) is 12.7. The van der Waals surface area contributed by atoms with Gasteiger partial charge in [-0.25, -0.2) is 0 Å². The summed E-state index contributed by atoms with van der Waals surface area (Å²) in [6.45, 7) is 4.43. The monoisotopic (exact) mass is 617 g/mol. The van der Waals surface area contributed by atoms with Crippen molar-refractivity contribution in [2.24, 2.45) is 0 Å². The van der Waals surface area contributed by atoms with E-state index in [-0.39, 0.29) is 18.5 Å². The number of hydrogen-bond acceptors (Lipinski definition) is 3. The third-order valence-electron chi connectivity index (χ3n) is 8.39. The lowest BCUT2D eigenvalue weighted by molar-refractivity contribution is -0.151. The maximum atomic E-state index is 12.4. The van der Waals surface area contributed by atoms with Crippen molar-refractivity contribution in [2.75, 3.05) is 0 Å². The van der Waals surface area contributed by atoms with Crippen LogP contribution in [-0.4, -0.2) is 23.1 Å². The van der Waals surface area contributed by atoms with Gasteiger partial charge in [-0.1, -0.05) is 166 Å². The first-order chi connectivity index (χ1) is 21.6. The highest BCUT2D eigenvalue weighted by molar-refractivity contribution is 5.69. The van der Waals surface area contributed by atoms with Crippen LogP contribution in [0.2, 0.25) is 0 Å². The van der Waals surface area contributed by atoms with Crippen LogP contribution in [-0.2, 0) is 14.3 Å². The minimum Gasteiger partial charge on any atom is -0.481 e. The number of carbonyl (C=O) groups excluding carboxylic acids is 1. The first kappa shape index (κ1) is 42.2. The number of ether oxygens (including phenoxy) is 1. The molecule has 0 fully saturated rings. The number of esters is 1. The van der Waals surface area contributed by atoms with Crippen molar-refractivity contribution in [3.05, 3.63) is 36.5 Å². The Labute approximate surface area is 273 Å². The molecule has 0 rings (SSSR count). The van der Waals surface area contributed by atoms with Crippen molar-refractivity contribution in [3.63, 3.8) is 0 Å². The molecule has 0 saturated carbocycles. The molecule has 0 aliphatic carbocycles. The molecule has 1 atom stereocenters. The van der Waals surface area contributed by atoms with E-state index in [1.54, 1.807) is 0 Å². The molecule has 0 heterocycles. The summed E-state index contributed by atoms with van der Waals surface area (Å²) in [5, 5.41) is 9.11. The predicted molar refractivity (Wildman–Crippen MR) is 190 cm³/mol. The molecule has 256 valence electrons. The van der Waals surface area contributed by atoms with Gasteiger partial charge in [-0.3, -0.25) is 9.59 Å². The molecule has 0 aliphatic heterocycles. The molecule has 0 amide bonds. The standard InChI is InChI=1S/C40H72O4/c1-3-5-7-9-11-13-15-17-19-20-21-23-25-27-29-31-33-35-40(43)44-38(36-37-39(41)42)34-32-30-28-26-24-22-18-16-14-12-10-8-6-4-2/h5,7,11,13,17,19,38H,3-4,6,8-10,12,14-16,18,20-37H2,1-2H3,(H,41,42)/b7-5-,13-11-,19-17-. The molecule has 0 spiro atoms. The normalized spacial score (nSPS) is 12.6. The minimum absolute atomic E-state index is 0.0698. The summed E-state index contributed by atoms with van der Waals surface area (Å²) in [7, 11) is 0. The number of allylic oxidation sites excluding steroid dienone is 6. The van der Waals surface area contributed by atoms with Gasteiger partial charge in [-0.05, 0) is 57.8 Å². The van der Waals surface area contributed by atoms with E-state index < -0.39 is 5.97 Å². The molecule has 0 aromatic carbocycles. The molecule has 0 saturated heterocycles. The molecule has 0 aromatic rings. The Bertz CT molecular complexity index is 708. The van der Waals surface area contributed by atoms with Crippen molar-refractivity contribution >= 4 is 11.9 Å². The summed E-state index contributed by atoms with van der Waals surface area (Å²) in [6, 6.07) is 0. The highest BCUT2D eigenvalue weighted by Gasteiger charge is 2.15. The second kappa shape index (κ2) is 35.6. The summed E-state index contributed by atoms with van der Waals surface area (Å²) in [6.07, 6.45) is 45.8. The fraction of sp³-hybridized carbons (Fsp3) is 0.800. The van der Waals surface area contributed by atoms with Crippen molar-refractivity contribution in [1.29, 1.82) is 0 Å².